The third-order valence-electron chi connectivity index (χ3n) is 6.40. The molecule has 1 aromatic rings. The summed E-state index contributed by atoms with van der Waals surface area (Å²) in [5, 5.41) is 9.79. The monoisotopic (exact) mass is 337 g/mol. The SMILES string of the molecule is CC1CN(CCC2CCCC2)CCC1(C)c1cccc(O)c1.Cl. The lowest BCUT2D eigenvalue weighted by Gasteiger charge is -2.45. The first kappa shape index (κ1) is 18.6. The summed E-state index contributed by atoms with van der Waals surface area (Å²) in [4.78, 5) is 2.67. The van der Waals surface area contributed by atoms with E-state index in [9.17, 15) is 5.11 Å². The standard InChI is InChI=1S/C20H31NO.ClH/c1-16-15-21(12-10-17-6-3-4-7-17)13-11-20(16,2)18-8-5-9-19(22)14-18;/h5,8-9,14,16-17,22H,3-4,6-7,10-13,15H2,1-2H3;1H. The molecule has 2 aliphatic rings. The third-order valence-corrected chi connectivity index (χ3v) is 6.40. The number of hydrogen-bond acceptors (Lipinski definition) is 2. The van der Waals surface area contributed by atoms with Crippen molar-refractivity contribution in [3.05, 3.63) is 29.8 Å². The average molecular weight is 338 g/mol. The van der Waals surface area contributed by atoms with Gasteiger partial charge in [0.25, 0.3) is 0 Å². The number of piperidine rings is 1. The van der Waals surface area contributed by atoms with E-state index in [1.165, 1.54) is 63.7 Å². The van der Waals surface area contributed by atoms with E-state index >= 15 is 0 Å². The van der Waals surface area contributed by atoms with E-state index in [1.54, 1.807) is 6.07 Å². The molecule has 0 spiro atoms. The molecular formula is C20H32ClNO. The molecule has 2 unspecified atom stereocenters. The first-order valence-corrected chi connectivity index (χ1v) is 9.10. The number of aromatic hydroxyl groups is 1. The normalized spacial score (nSPS) is 29.4. The molecule has 1 aliphatic carbocycles. The molecular weight excluding hydrogens is 306 g/mol. The van der Waals surface area contributed by atoms with Crippen LogP contribution < -0.4 is 0 Å². The van der Waals surface area contributed by atoms with Crippen LogP contribution in [0.15, 0.2) is 24.3 Å². The van der Waals surface area contributed by atoms with E-state index in [2.05, 4.69) is 24.8 Å². The zero-order chi connectivity index (χ0) is 15.6. The van der Waals surface area contributed by atoms with Crippen molar-refractivity contribution in [2.45, 2.75) is 57.8 Å². The summed E-state index contributed by atoms with van der Waals surface area (Å²) in [5.41, 5.74) is 1.50. The Labute approximate surface area is 147 Å². The fraction of sp³-hybridized carbons (Fsp3) is 0.700. The van der Waals surface area contributed by atoms with E-state index in [1.807, 2.05) is 12.1 Å². The van der Waals surface area contributed by atoms with Crippen LogP contribution in [-0.2, 0) is 5.41 Å². The first-order valence-electron chi connectivity index (χ1n) is 9.10. The minimum Gasteiger partial charge on any atom is -0.508 e. The summed E-state index contributed by atoms with van der Waals surface area (Å²) >= 11 is 0. The molecule has 3 rings (SSSR count). The average Bonchev–Trinajstić information content (AvgIpc) is 3.02. The van der Waals surface area contributed by atoms with Gasteiger partial charge in [0, 0.05) is 6.54 Å². The summed E-state index contributed by atoms with van der Waals surface area (Å²) in [6.45, 7) is 8.43. The van der Waals surface area contributed by atoms with Gasteiger partial charge in [0.1, 0.15) is 5.75 Å². The number of halogens is 1. The van der Waals surface area contributed by atoms with Gasteiger partial charge in [-0.1, -0.05) is 51.7 Å². The molecule has 1 aliphatic heterocycles. The van der Waals surface area contributed by atoms with Crippen LogP contribution in [0, 0.1) is 11.8 Å². The molecule has 0 radical (unpaired) electrons. The number of phenolic OH excluding ortho intramolecular Hbond substituents is 1. The van der Waals surface area contributed by atoms with Crippen molar-refractivity contribution in [3.8, 4) is 5.75 Å². The lowest BCUT2D eigenvalue weighted by atomic mass is 9.68. The number of nitrogens with zero attached hydrogens (tertiary/aromatic N) is 1. The highest BCUT2D eigenvalue weighted by Gasteiger charge is 2.38. The number of hydrogen-bond donors (Lipinski definition) is 1. The van der Waals surface area contributed by atoms with Gasteiger partial charge in [0.05, 0.1) is 0 Å². The van der Waals surface area contributed by atoms with Crippen molar-refractivity contribution in [1.82, 2.24) is 4.90 Å². The predicted molar refractivity (Wildman–Crippen MR) is 99.5 cm³/mol. The van der Waals surface area contributed by atoms with Crippen molar-refractivity contribution in [1.29, 1.82) is 0 Å². The second kappa shape index (κ2) is 7.90. The summed E-state index contributed by atoms with van der Waals surface area (Å²) < 4.78 is 0. The largest absolute Gasteiger partial charge is 0.508 e. The van der Waals surface area contributed by atoms with Gasteiger partial charge in [0.2, 0.25) is 0 Å². The Kier molecular flexibility index (Phi) is 6.39. The topological polar surface area (TPSA) is 23.5 Å². The molecule has 3 heteroatoms. The van der Waals surface area contributed by atoms with Crippen LogP contribution in [0.25, 0.3) is 0 Å². The fourth-order valence-corrected chi connectivity index (χ4v) is 4.47. The molecule has 2 nitrogen and oxygen atoms in total. The van der Waals surface area contributed by atoms with Crippen molar-refractivity contribution in [3.63, 3.8) is 0 Å². The van der Waals surface area contributed by atoms with Crippen LogP contribution in [0.1, 0.15) is 57.9 Å². The fourth-order valence-electron chi connectivity index (χ4n) is 4.47. The minimum atomic E-state index is 0. The van der Waals surface area contributed by atoms with Crippen LogP contribution >= 0.6 is 12.4 Å². The minimum absolute atomic E-state index is 0. The van der Waals surface area contributed by atoms with Crippen molar-refractivity contribution >= 4 is 12.4 Å². The molecule has 1 aromatic carbocycles. The third kappa shape index (κ3) is 4.22. The van der Waals surface area contributed by atoms with E-state index < -0.39 is 0 Å². The second-order valence-corrected chi connectivity index (χ2v) is 7.86. The summed E-state index contributed by atoms with van der Waals surface area (Å²) in [7, 11) is 0. The Morgan fingerprint density at radius 3 is 2.65 bits per heavy atom. The molecule has 23 heavy (non-hydrogen) atoms. The van der Waals surface area contributed by atoms with Gasteiger partial charge in [0.15, 0.2) is 0 Å². The Hall–Kier alpha value is -0.730. The van der Waals surface area contributed by atoms with Crippen LogP contribution in [-0.4, -0.2) is 29.6 Å². The van der Waals surface area contributed by atoms with E-state index in [4.69, 9.17) is 0 Å². The van der Waals surface area contributed by atoms with Crippen LogP contribution in [0.3, 0.4) is 0 Å². The van der Waals surface area contributed by atoms with Crippen LogP contribution in [0.5, 0.6) is 5.75 Å². The van der Waals surface area contributed by atoms with Gasteiger partial charge in [-0.25, -0.2) is 0 Å². The van der Waals surface area contributed by atoms with E-state index in [0.717, 1.165) is 5.92 Å². The Balaban J connectivity index is 0.00000192. The predicted octanol–water partition coefficient (Wildman–Crippen LogP) is 4.99. The molecule has 0 bridgehead atoms. The van der Waals surface area contributed by atoms with Crippen LogP contribution in [0.2, 0.25) is 0 Å². The lowest BCUT2D eigenvalue weighted by molar-refractivity contribution is 0.106. The van der Waals surface area contributed by atoms with E-state index in [0.29, 0.717) is 11.7 Å². The number of likely N-dealkylation sites (tertiary alicyclic amines) is 1. The molecule has 1 saturated carbocycles. The number of rotatable bonds is 4. The lowest BCUT2D eigenvalue weighted by Crippen LogP contribution is -2.47. The zero-order valence-electron chi connectivity index (χ0n) is 14.6. The first-order chi connectivity index (χ1) is 10.6. The highest BCUT2D eigenvalue weighted by molar-refractivity contribution is 5.85. The number of benzene rings is 1. The summed E-state index contributed by atoms with van der Waals surface area (Å²) in [6, 6.07) is 7.90. The zero-order valence-corrected chi connectivity index (χ0v) is 15.4. The van der Waals surface area contributed by atoms with E-state index in [-0.39, 0.29) is 17.8 Å². The molecule has 1 N–H and O–H groups in total. The second-order valence-electron chi connectivity index (χ2n) is 7.86. The Morgan fingerprint density at radius 2 is 2.00 bits per heavy atom. The molecule has 0 amide bonds. The quantitative estimate of drug-likeness (QED) is 0.836. The van der Waals surface area contributed by atoms with Crippen molar-refractivity contribution in [2.75, 3.05) is 19.6 Å². The number of phenols is 1. The smallest absolute Gasteiger partial charge is 0.115 e. The van der Waals surface area contributed by atoms with Crippen LogP contribution in [0.4, 0.5) is 0 Å². The van der Waals surface area contributed by atoms with Gasteiger partial charge < -0.3 is 10.0 Å². The molecule has 1 heterocycles. The van der Waals surface area contributed by atoms with Gasteiger partial charge in [-0.3, -0.25) is 0 Å². The van der Waals surface area contributed by atoms with Crippen molar-refractivity contribution < 1.29 is 5.11 Å². The van der Waals surface area contributed by atoms with Gasteiger partial charge in [-0.2, -0.15) is 0 Å². The molecule has 1 saturated heterocycles. The Bertz CT molecular complexity index is 500. The maximum Gasteiger partial charge on any atom is 0.115 e. The highest BCUT2D eigenvalue weighted by atomic mass is 35.5. The molecule has 0 aromatic heterocycles. The van der Waals surface area contributed by atoms with Gasteiger partial charge in [-0.05, 0) is 60.9 Å². The van der Waals surface area contributed by atoms with Gasteiger partial charge >= 0.3 is 0 Å². The Morgan fingerprint density at radius 1 is 1.26 bits per heavy atom. The molecule has 130 valence electrons. The maximum absolute atomic E-state index is 9.79. The molecule has 2 atom stereocenters. The summed E-state index contributed by atoms with van der Waals surface area (Å²) in [6.07, 6.45) is 8.43. The van der Waals surface area contributed by atoms with Crippen molar-refractivity contribution in [2.24, 2.45) is 11.8 Å². The molecule has 2 fully saturated rings. The highest BCUT2D eigenvalue weighted by Crippen LogP contribution is 2.40. The summed E-state index contributed by atoms with van der Waals surface area (Å²) in [5.74, 6) is 2.02. The maximum atomic E-state index is 9.79. The van der Waals surface area contributed by atoms with Gasteiger partial charge in [-0.15, -0.1) is 12.4 Å².